The third kappa shape index (κ3) is 3.09. The Labute approximate surface area is 104 Å². The van der Waals surface area contributed by atoms with E-state index in [0.717, 1.165) is 6.42 Å². The molecular weight excluding hydrogens is 212 g/mol. The van der Waals surface area contributed by atoms with Gasteiger partial charge in [-0.05, 0) is 68.4 Å². The second-order valence-corrected chi connectivity index (χ2v) is 5.02. The minimum Gasteiger partial charge on any atom is -0.481 e. The Bertz CT molecular complexity index is 407. The highest BCUT2D eigenvalue weighted by molar-refractivity contribution is 5.69. The van der Waals surface area contributed by atoms with Gasteiger partial charge >= 0.3 is 5.97 Å². The average Bonchev–Trinajstić information content (AvgIpc) is 2.26. The minimum absolute atomic E-state index is 0.269. The maximum atomic E-state index is 10.8. The Morgan fingerprint density at radius 1 is 1.18 bits per heavy atom. The number of carbonyl (C=O) groups is 1. The van der Waals surface area contributed by atoms with E-state index in [4.69, 9.17) is 5.11 Å². The van der Waals surface area contributed by atoms with Crippen LogP contribution in [-0.4, -0.2) is 11.1 Å². The van der Waals surface area contributed by atoms with E-state index in [1.165, 1.54) is 27.8 Å². The Balaban J connectivity index is 2.95. The van der Waals surface area contributed by atoms with Crippen LogP contribution >= 0.6 is 0 Å². The monoisotopic (exact) mass is 234 g/mol. The van der Waals surface area contributed by atoms with E-state index in [-0.39, 0.29) is 5.92 Å². The summed E-state index contributed by atoms with van der Waals surface area (Å²) in [5, 5.41) is 8.91. The summed E-state index contributed by atoms with van der Waals surface area (Å²) in [5.74, 6) is -0.973. The van der Waals surface area contributed by atoms with Crippen LogP contribution in [0.2, 0.25) is 0 Å². The van der Waals surface area contributed by atoms with Crippen molar-refractivity contribution in [2.75, 3.05) is 0 Å². The van der Waals surface area contributed by atoms with Crippen LogP contribution in [0, 0.1) is 33.6 Å². The summed E-state index contributed by atoms with van der Waals surface area (Å²) in [6.07, 6.45) is 1.56. The van der Waals surface area contributed by atoms with E-state index in [0.29, 0.717) is 6.42 Å². The lowest BCUT2D eigenvalue weighted by Gasteiger charge is -2.16. The molecule has 0 aliphatic carbocycles. The Kier molecular flexibility index (Phi) is 4.33. The molecule has 0 saturated carbocycles. The fourth-order valence-electron chi connectivity index (χ4n) is 2.16. The number of rotatable bonds is 4. The summed E-state index contributed by atoms with van der Waals surface area (Å²) in [7, 11) is 0. The standard InChI is InChI=1S/C15H22O2/c1-9(15(16)17)6-7-14-12(4)10(2)8-11(3)13(14)5/h8-9H,6-7H2,1-5H3,(H,16,17). The predicted molar refractivity (Wildman–Crippen MR) is 70.5 cm³/mol. The highest BCUT2D eigenvalue weighted by Gasteiger charge is 2.14. The Hall–Kier alpha value is -1.31. The van der Waals surface area contributed by atoms with Crippen molar-refractivity contribution >= 4 is 5.97 Å². The first-order chi connectivity index (χ1) is 7.84. The van der Waals surface area contributed by atoms with Crippen molar-refractivity contribution in [2.24, 2.45) is 5.92 Å². The molecule has 0 saturated heterocycles. The van der Waals surface area contributed by atoms with Gasteiger partial charge in [-0.15, -0.1) is 0 Å². The smallest absolute Gasteiger partial charge is 0.306 e. The van der Waals surface area contributed by atoms with E-state index in [2.05, 4.69) is 33.8 Å². The van der Waals surface area contributed by atoms with Crippen molar-refractivity contribution < 1.29 is 9.90 Å². The molecular formula is C15H22O2. The zero-order valence-electron chi connectivity index (χ0n) is 11.4. The molecule has 0 aliphatic rings. The van der Waals surface area contributed by atoms with Crippen molar-refractivity contribution in [1.29, 1.82) is 0 Å². The summed E-state index contributed by atoms with van der Waals surface area (Å²) in [4.78, 5) is 10.8. The van der Waals surface area contributed by atoms with Gasteiger partial charge < -0.3 is 5.11 Å². The summed E-state index contributed by atoms with van der Waals surface area (Å²) >= 11 is 0. The van der Waals surface area contributed by atoms with Gasteiger partial charge in [-0.1, -0.05) is 13.0 Å². The topological polar surface area (TPSA) is 37.3 Å². The summed E-state index contributed by atoms with van der Waals surface area (Å²) in [6, 6.07) is 2.20. The molecule has 1 unspecified atom stereocenters. The molecule has 1 aromatic carbocycles. The lowest BCUT2D eigenvalue weighted by Crippen LogP contribution is -2.11. The lowest BCUT2D eigenvalue weighted by molar-refractivity contribution is -0.141. The van der Waals surface area contributed by atoms with Gasteiger partial charge in [-0.3, -0.25) is 4.79 Å². The molecule has 1 rings (SSSR count). The molecule has 0 aromatic heterocycles. The van der Waals surface area contributed by atoms with Gasteiger partial charge in [0.25, 0.3) is 0 Å². The highest BCUT2D eigenvalue weighted by Crippen LogP contribution is 2.24. The molecule has 0 spiro atoms. The van der Waals surface area contributed by atoms with E-state index >= 15 is 0 Å². The molecule has 1 N–H and O–H groups in total. The normalized spacial score (nSPS) is 12.5. The maximum absolute atomic E-state index is 10.8. The first-order valence-electron chi connectivity index (χ1n) is 6.13. The summed E-state index contributed by atoms with van der Waals surface area (Å²) in [5.41, 5.74) is 6.55. The van der Waals surface area contributed by atoms with Gasteiger partial charge in [-0.2, -0.15) is 0 Å². The molecule has 1 aromatic rings. The van der Waals surface area contributed by atoms with E-state index in [9.17, 15) is 4.79 Å². The van der Waals surface area contributed by atoms with Crippen molar-refractivity contribution in [3.63, 3.8) is 0 Å². The van der Waals surface area contributed by atoms with Gasteiger partial charge in [0.15, 0.2) is 0 Å². The molecule has 0 bridgehead atoms. The maximum Gasteiger partial charge on any atom is 0.306 e. The number of aliphatic carboxylic acids is 1. The third-order valence-electron chi connectivity index (χ3n) is 3.77. The van der Waals surface area contributed by atoms with Gasteiger partial charge in [0.05, 0.1) is 5.92 Å². The van der Waals surface area contributed by atoms with Crippen molar-refractivity contribution in [3.05, 3.63) is 33.9 Å². The molecule has 2 nitrogen and oxygen atoms in total. The van der Waals surface area contributed by atoms with Crippen LogP contribution in [0.5, 0.6) is 0 Å². The Morgan fingerprint density at radius 3 is 2.06 bits per heavy atom. The largest absolute Gasteiger partial charge is 0.481 e. The molecule has 0 aliphatic heterocycles. The summed E-state index contributed by atoms with van der Waals surface area (Å²) < 4.78 is 0. The van der Waals surface area contributed by atoms with Crippen LogP contribution in [0.1, 0.15) is 41.2 Å². The van der Waals surface area contributed by atoms with Crippen LogP contribution in [0.25, 0.3) is 0 Å². The molecule has 0 radical (unpaired) electrons. The van der Waals surface area contributed by atoms with Crippen molar-refractivity contribution in [2.45, 2.75) is 47.5 Å². The quantitative estimate of drug-likeness (QED) is 0.864. The second kappa shape index (κ2) is 5.35. The van der Waals surface area contributed by atoms with Crippen LogP contribution in [0.4, 0.5) is 0 Å². The molecule has 0 heterocycles. The molecule has 0 amide bonds. The number of hydrogen-bond acceptors (Lipinski definition) is 1. The number of benzene rings is 1. The lowest BCUT2D eigenvalue weighted by atomic mass is 9.89. The Morgan fingerprint density at radius 2 is 1.65 bits per heavy atom. The SMILES string of the molecule is Cc1cc(C)c(C)c(CCC(C)C(=O)O)c1C. The van der Waals surface area contributed by atoms with Gasteiger partial charge in [-0.25, -0.2) is 0 Å². The van der Waals surface area contributed by atoms with Gasteiger partial charge in [0, 0.05) is 0 Å². The van der Waals surface area contributed by atoms with Crippen LogP contribution in [0.15, 0.2) is 6.07 Å². The van der Waals surface area contributed by atoms with E-state index in [1.54, 1.807) is 6.92 Å². The number of carboxylic acids is 1. The number of aryl methyl sites for hydroxylation is 2. The zero-order chi connectivity index (χ0) is 13.2. The van der Waals surface area contributed by atoms with E-state index in [1.807, 2.05) is 0 Å². The van der Waals surface area contributed by atoms with Gasteiger partial charge in [0.2, 0.25) is 0 Å². The average molecular weight is 234 g/mol. The molecule has 1 atom stereocenters. The van der Waals surface area contributed by atoms with Gasteiger partial charge in [0.1, 0.15) is 0 Å². The number of carboxylic acid groups (broad SMARTS) is 1. The second-order valence-electron chi connectivity index (χ2n) is 5.02. The van der Waals surface area contributed by atoms with E-state index < -0.39 is 5.97 Å². The minimum atomic E-state index is -0.704. The first-order valence-corrected chi connectivity index (χ1v) is 6.13. The zero-order valence-corrected chi connectivity index (χ0v) is 11.4. The van der Waals surface area contributed by atoms with Crippen LogP contribution in [0.3, 0.4) is 0 Å². The van der Waals surface area contributed by atoms with Crippen LogP contribution < -0.4 is 0 Å². The highest BCUT2D eigenvalue weighted by atomic mass is 16.4. The number of hydrogen-bond donors (Lipinski definition) is 1. The molecule has 0 fully saturated rings. The van der Waals surface area contributed by atoms with Crippen molar-refractivity contribution in [3.8, 4) is 0 Å². The first kappa shape index (κ1) is 13.8. The summed E-state index contributed by atoms with van der Waals surface area (Å²) in [6.45, 7) is 10.3. The molecule has 17 heavy (non-hydrogen) atoms. The molecule has 2 heteroatoms. The molecule has 94 valence electrons. The van der Waals surface area contributed by atoms with Crippen LogP contribution in [-0.2, 0) is 11.2 Å². The van der Waals surface area contributed by atoms with Crippen molar-refractivity contribution in [1.82, 2.24) is 0 Å². The third-order valence-corrected chi connectivity index (χ3v) is 3.77. The fraction of sp³-hybridized carbons (Fsp3) is 0.533. The fourth-order valence-corrected chi connectivity index (χ4v) is 2.16. The predicted octanol–water partition coefficient (Wildman–Crippen LogP) is 3.57.